The molecule has 1 rings (SSSR count). The number of rotatable bonds is 2. The zero-order chi connectivity index (χ0) is 7.40. The third kappa shape index (κ3) is 1.89. The van der Waals surface area contributed by atoms with Gasteiger partial charge in [0.25, 0.3) is 0 Å². The molecule has 4 nitrogen and oxygen atoms in total. The van der Waals surface area contributed by atoms with Crippen molar-refractivity contribution in [2.45, 2.75) is 13.5 Å². The number of aromatic nitrogens is 1. The van der Waals surface area contributed by atoms with Gasteiger partial charge in [0.2, 0.25) is 0 Å². The first-order valence-electron chi connectivity index (χ1n) is 2.92. The Morgan fingerprint density at radius 3 is 3.20 bits per heavy atom. The Hall–Kier alpha value is -1.32. The molecule has 10 heavy (non-hydrogen) atoms. The second kappa shape index (κ2) is 3.00. The molecule has 0 radical (unpaired) electrons. The Kier molecular flexibility index (Phi) is 2.04. The van der Waals surface area contributed by atoms with Gasteiger partial charge in [-0.2, -0.15) is 0 Å². The van der Waals surface area contributed by atoms with Crippen molar-refractivity contribution >= 4 is 5.84 Å². The fraction of sp³-hybridized carbons (Fsp3) is 0.333. The Morgan fingerprint density at radius 2 is 2.70 bits per heavy atom. The standard InChI is InChI=1S/C6H9N3O/c1-5(7)8-2-6-3-10-4-9-6/h3-4H,2H2,1H3,(H2,7,8). The molecule has 0 saturated carbocycles. The van der Waals surface area contributed by atoms with Gasteiger partial charge in [-0.3, -0.25) is 4.99 Å². The average Bonchev–Trinajstić information content (AvgIpc) is 2.34. The van der Waals surface area contributed by atoms with Crippen LogP contribution < -0.4 is 5.73 Å². The predicted molar refractivity (Wildman–Crippen MR) is 37.5 cm³/mol. The maximum atomic E-state index is 5.30. The summed E-state index contributed by atoms with van der Waals surface area (Å²) < 4.78 is 4.73. The highest BCUT2D eigenvalue weighted by Gasteiger charge is 1.91. The van der Waals surface area contributed by atoms with Gasteiger partial charge in [-0.25, -0.2) is 4.98 Å². The van der Waals surface area contributed by atoms with Gasteiger partial charge in [-0.1, -0.05) is 0 Å². The molecule has 0 aliphatic rings. The summed E-state index contributed by atoms with van der Waals surface area (Å²) in [5, 5.41) is 0. The van der Waals surface area contributed by atoms with Crippen molar-refractivity contribution in [3.05, 3.63) is 18.4 Å². The summed E-state index contributed by atoms with van der Waals surface area (Å²) in [4.78, 5) is 7.80. The van der Waals surface area contributed by atoms with Crippen molar-refractivity contribution in [2.75, 3.05) is 0 Å². The Bertz CT molecular complexity index is 211. The number of nitrogens with zero attached hydrogens (tertiary/aromatic N) is 2. The molecule has 4 heteroatoms. The zero-order valence-electron chi connectivity index (χ0n) is 5.74. The van der Waals surface area contributed by atoms with Crippen LogP contribution in [0.3, 0.4) is 0 Å². The zero-order valence-corrected chi connectivity index (χ0v) is 5.74. The molecule has 1 aromatic heterocycles. The second-order valence-electron chi connectivity index (χ2n) is 1.94. The van der Waals surface area contributed by atoms with E-state index >= 15 is 0 Å². The van der Waals surface area contributed by atoms with E-state index in [1.54, 1.807) is 13.2 Å². The molecule has 0 spiro atoms. The van der Waals surface area contributed by atoms with Crippen molar-refractivity contribution in [3.63, 3.8) is 0 Å². The van der Waals surface area contributed by atoms with Crippen LogP contribution in [0, 0.1) is 0 Å². The van der Waals surface area contributed by atoms with Gasteiger partial charge in [0.1, 0.15) is 12.0 Å². The topological polar surface area (TPSA) is 64.4 Å². The summed E-state index contributed by atoms with van der Waals surface area (Å²) in [5.74, 6) is 0.558. The third-order valence-corrected chi connectivity index (χ3v) is 0.974. The first-order chi connectivity index (χ1) is 4.79. The molecule has 1 aromatic rings. The number of nitrogens with two attached hydrogens (primary N) is 1. The number of hydrogen-bond donors (Lipinski definition) is 1. The lowest BCUT2D eigenvalue weighted by Crippen LogP contribution is -2.05. The summed E-state index contributed by atoms with van der Waals surface area (Å²) >= 11 is 0. The van der Waals surface area contributed by atoms with Crippen LogP contribution >= 0.6 is 0 Å². The molecule has 0 saturated heterocycles. The van der Waals surface area contributed by atoms with Gasteiger partial charge < -0.3 is 10.2 Å². The minimum atomic E-state index is 0.499. The minimum absolute atomic E-state index is 0.499. The van der Waals surface area contributed by atoms with E-state index in [1.807, 2.05) is 0 Å². The molecule has 0 bridgehead atoms. The van der Waals surface area contributed by atoms with Gasteiger partial charge >= 0.3 is 0 Å². The first-order valence-corrected chi connectivity index (χ1v) is 2.92. The third-order valence-electron chi connectivity index (χ3n) is 0.974. The van der Waals surface area contributed by atoms with E-state index in [0.717, 1.165) is 5.69 Å². The van der Waals surface area contributed by atoms with Crippen molar-refractivity contribution in [1.29, 1.82) is 0 Å². The first kappa shape index (κ1) is 6.80. The maximum absolute atomic E-state index is 5.30. The van der Waals surface area contributed by atoms with Crippen LogP contribution in [0.5, 0.6) is 0 Å². The Labute approximate surface area is 58.8 Å². The molecule has 2 N–H and O–H groups in total. The fourth-order valence-corrected chi connectivity index (χ4v) is 0.521. The molecule has 0 atom stereocenters. The van der Waals surface area contributed by atoms with E-state index < -0.39 is 0 Å². The van der Waals surface area contributed by atoms with E-state index in [-0.39, 0.29) is 0 Å². The highest BCUT2D eigenvalue weighted by Crippen LogP contribution is 1.95. The highest BCUT2D eigenvalue weighted by molar-refractivity contribution is 5.77. The van der Waals surface area contributed by atoms with Crippen molar-refractivity contribution < 1.29 is 4.42 Å². The Morgan fingerprint density at radius 1 is 1.90 bits per heavy atom. The highest BCUT2D eigenvalue weighted by atomic mass is 16.3. The number of aliphatic imine (C=N–C) groups is 1. The van der Waals surface area contributed by atoms with Crippen molar-refractivity contribution in [1.82, 2.24) is 4.98 Å². The number of oxazole rings is 1. The van der Waals surface area contributed by atoms with Gasteiger partial charge in [0.05, 0.1) is 12.4 Å². The molecule has 1 heterocycles. The van der Waals surface area contributed by atoms with Crippen molar-refractivity contribution in [3.8, 4) is 0 Å². The molecular weight excluding hydrogens is 130 g/mol. The SMILES string of the molecule is CC(N)=NCc1cocn1. The average molecular weight is 139 g/mol. The molecular formula is C6H9N3O. The lowest BCUT2D eigenvalue weighted by Gasteiger charge is -1.87. The van der Waals surface area contributed by atoms with Gasteiger partial charge in [-0.05, 0) is 6.92 Å². The minimum Gasteiger partial charge on any atom is -0.451 e. The smallest absolute Gasteiger partial charge is 0.180 e. The maximum Gasteiger partial charge on any atom is 0.180 e. The summed E-state index contributed by atoms with van der Waals surface area (Å²) in [6.07, 6.45) is 2.92. The van der Waals surface area contributed by atoms with Crippen LogP contribution in [0.1, 0.15) is 12.6 Å². The van der Waals surface area contributed by atoms with Crippen molar-refractivity contribution in [2.24, 2.45) is 10.7 Å². The summed E-state index contributed by atoms with van der Waals surface area (Å²) in [6.45, 7) is 2.24. The molecule has 0 aliphatic carbocycles. The van der Waals surface area contributed by atoms with Crippen LogP contribution in [0.4, 0.5) is 0 Å². The molecule has 0 unspecified atom stereocenters. The quantitative estimate of drug-likeness (QED) is 0.480. The predicted octanol–water partition coefficient (Wildman–Crippen LogP) is 0.552. The van der Waals surface area contributed by atoms with Crippen LogP contribution in [-0.2, 0) is 6.54 Å². The van der Waals surface area contributed by atoms with E-state index in [2.05, 4.69) is 9.98 Å². The fourth-order valence-electron chi connectivity index (χ4n) is 0.521. The van der Waals surface area contributed by atoms with E-state index in [1.165, 1.54) is 6.39 Å². The summed E-state index contributed by atoms with van der Waals surface area (Å²) in [5.41, 5.74) is 6.10. The molecule has 54 valence electrons. The Balaban J connectivity index is 2.49. The van der Waals surface area contributed by atoms with Crippen LogP contribution in [0.25, 0.3) is 0 Å². The van der Waals surface area contributed by atoms with Gasteiger partial charge in [0, 0.05) is 0 Å². The monoisotopic (exact) mass is 139 g/mol. The normalized spacial score (nSPS) is 11.9. The van der Waals surface area contributed by atoms with Crippen LogP contribution in [0.15, 0.2) is 22.1 Å². The van der Waals surface area contributed by atoms with E-state index in [0.29, 0.717) is 12.4 Å². The summed E-state index contributed by atoms with van der Waals surface area (Å²) in [7, 11) is 0. The van der Waals surface area contributed by atoms with E-state index in [4.69, 9.17) is 10.2 Å². The van der Waals surface area contributed by atoms with E-state index in [9.17, 15) is 0 Å². The number of hydrogen-bond acceptors (Lipinski definition) is 3. The van der Waals surface area contributed by atoms with Gasteiger partial charge in [0.15, 0.2) is 6.39 Å². The second-order valence-corrected chi connectivity index (χ2v) is 1.94. The van der Waals surface area contributed by atoms with Gasteiger partial charge in [-0.15, -0.1) is 0 Å². The van der Waals surface area contributed by atoms with Crippen LogP contribution in [-0.4, -0.2) is 10.8 Å². The lowest BCUT2D eigenvalue weighted by molar-refractivity contribution is 0.556. The number of amidine groups is 1. The molecule has 0 aliphatic heterocycles. The van der Waals surface area contributed by atoms with Crippen LogP contribution in [0.2, 0.25) is 0 Å². The molecule has 0 amide bonds. The molecule has 0 fully saturated rings. The lowest BCUT2D eigenvalue weighted by atomic mass is 10.5. The summed E-state index contributed by atoms with van der Waals surface area (Å²) in [6, 6.07) is 0. The largest absolute Gasteiger partial charge is 0.451 e. The molecule has 0 aromatic carbocycles.